The van der Waals surface area contributed by atoms with Crippen LogP contribution in [-0.2, 0) is 32.1 Å². The standard InChI is InChI=1S/C34H44N6O6/c1-33(2,3)46-32(45)37-34(4,5)30(43)35-26(20-28(41)39-17-14-22-10-6-7-11-23(22)21-39)29(42)38-18-15-24(16-19-38)40-27-13-9-8-12-25(27)36-31(40)44/h6-13,24,26H,14-21H2,1-5H3,(H,35,43)(H,36,44)(H,37,45)/t26-/m1/s1. The number of amides is 4. The maximum Gasteiger partial charge on any atom is 0.408 e. The van der Waals surface area contributed by atoms with Crippen molar-refractivity contribution >= 4 is 34.8 Å². The number of aromatic nitrogens is 2. The summed E-state index contributed by atoms with van der Waals surface area (Å²) in [6.07, 6.45) is 0.790. The number of carbonyl (C=O) groups is 4. The predicted molar refractivity (Wildman–Crippen MR) is 173 cm³/mol. The Kier molecular flexibility index (Phi) is 9.27. The van der Waals surface area contributed by atoms with Gasteiger partial charge in [0, 0.05) is 32.2 Å². The van der Waals surface area contributed by atoms with E-state index in [1.54, 1.807) is 35.1 Å². The van der Waals surface area contributed by atoms with E-state index in [-0.39, 0.29) is 30.0 Å². The number of carbonyl (C=O) groups excluding carboxylic acids is 4. The van der Waals surface area contributed by atoms with Crippen molar-refractivity contribution in [2.24, 2.45) is 0 Å². The Bertz CT molecular complexity index is 1680. The number of para-hydroxylation sites is 2. The molecule has 3 N–H and O–H groups in total. The van der Waals surface area contributed by atoms with Gasteiger partial charge < -0.3 is 30.2 Å². The second kappa shape index (κ2) is 13.0. The van der Waals surface area contributed by atoms with E-state index in [0.717, 1.165) is 16.6 Å². The number of H-pyrrole nitrogens is 1. The van der Waals surface area contributed by atoms with Gasteiger partial charge in [0.2, 0.25) is 17.7 Å². The van der Waals surface area contributed by atoms with Gasteiger partial charge in [-0.2, -0.15) is 0 Å². The first-order valence-corrected chi connectivity index (χ1v) is 15.9. The summed E-state index contributed by atoms with van der Waals surface area (Å²) in [5.41, 5.74) is 1.44. The van der Waals surface area contributed by atoms with E-state index in [9.17, 15) is 24.0 Å². The van der Waals surface area contributed by atoms with E-state index in [1.807, 2.05) is 42.5 Å². The number of hydrogen-bond donors (Lipinski definition) is 3. The van der Waals surface area contributed by atoms with E-state index in [2.05, 4.69) is 21.7 Å². The van der Waals surface area contributed by atoms with Gasteiger partial charge in [-0.3, -0.25) is 19.0 Å². The average molecular weight is 633 g/mol. The lowest BCUT2D eigenvalue weighted by Gasteiger charge is -2.36. The fourth-order valence-electron chi connectivity index (χ4n) is 6.17. The van der Waals surface area contributed by atoms with Crippen LogP contribution in [0.5, 0.6) is 0 Å². The van der Waals surface area contributed by atoms with E-state index in [4.69, 9.17) is 4.74 Å². The molecule has 1 fully saturated rings. The van der Waals surface area contributed by atoms with Crippen molar-refractivity contribution in [2.75, 3.05) is 19.6 Å². The number of fused-ring (bicyclic) bond motifs is 2. The number of benzene rings is 2. The minimum Gasteiger partial charge on any atom is -0.444 e. The Morgan fingerprint density at radius 1 is 0.913 bits per heavy atom. The molecule has 5 rings (SSSR count). The summed E-state index contributed by atoms with van der Waals surface area (Å²) in [6.45, 7) is 9.84. The Hall–Kier alpha value is -4.61. The number of likely N-dealkylation sites (tertiary alicyclic amines) is 1. The molecule has 3 heterocycles. The summed E-state index contributed by atoms with van der Waals surface area (Å²) in [4.78, 5) is 72.7. The zero-order chi connectivity index (χ0) is 33.2. The minimum atomic E-state index is -1.43. The number of alkyl carbamates (subject to hydrolysis) is 1. The van der Waals surface area contributed by atoms with Crippen LogP contribution >= 0.6 is 0 Å². The number of hydrogen-bond acceptors (Lipinski definition) is 6. The third kappa shape index (κ3) is 7.43. The molecule has 1 atom stereocenters. The maximum absolute atomic E-state index is 14.0. The van der Waals surface area contributed by atoms with Crippen molar-refractivity contribution in [2.45, 2.75) is 90.1 Å². The molecule has 2 aromatic carbocycles. The lowest BCUT2D eigenvalue weighted by molar-refractivity contribution is -0.143. The van der Waals surface area contributed by atoms with Crippen molar-refractivity contribution in [3.05, 3.63) is 70.1 Å². The Labute approximate surface area is 268 Å². The summed E-state index contributed by atoms with van der Waals surface area (Å²) < 4.78 is 7.08. The number of piperidine rings is 1. The van der Waals surface area contributed by atoms with Crippen LogP contribution < -0.4 is 16.3 Å². The summed E-state index contributed by atoms with van der Waals surface area (Å²) in [6, 6.07) is 14.2. The smallest absolute Gasteiger partial charge is 0.408 e. The molecule has 12 nitrogen and oxygen atoms in total. The number of rotatable bonds is 7. The number of ether oxygens (including phenoxy) is 1. The molecule has 0 saturated carbocycles. The van der Waals surface area contributed by atoms with Crippen LogP contribution in [0.15, 0.2) is 53.3 Å². The van der Waals surface area contributed by atoms with Crippen LogP contribution in [0.4, 0.5) is 4.79 Å². The number of nitrogens with zero attached hydrogens (tertiary/aromatic N) is 3. The average Bonchev–Trinajstić information content (AvgIpc) is 3.34. The largest absolute Gasteiger partial charge is 0.444 e. The highest BCUT2D eigenvalue weighted by atomic mass is 16.6. The second-order valence-corrected chi connectivity index (χ2v) is 13.7. The van der Waals surface area contributed by atoms with Gasteiger partial charge in [-0.15, -0.1) is 0 Å². The lowest BCUT2D eigenvalue weighted by Crippen LogP contribution is -2.60. The summed E-state index contributed by atoms with van der Waals surface area (Å²) in [5, 5.41) is 5.35. The number of nitrogens with one attached hydrogen (secondary N) is 3. The molecule has 0 unspecified atom stereocenters. The summed E-state index contributed by atoms with van der Waals surface area (Å²) in [7, 11) is 0. The molecule has 46 heavy (non-hydrogen) atoms. The van der Waals surface area contributed by atoms with E-state index in [0.29, 0.717) is 45.4 Å². The van der Waals surface area contributed by atoms with Crippen molar-refractivity contribution < 1.29 is 23.9 Å². The first kappa shape index (κ1) is 32.8. The highest BCUT2D eigenvalue weighted by molar-refractivity contribution is 5.96. The van der Waals surface area contributed by atoms with Gasteiger partial charge in [-0.25, -0.2) is 9.59 Å². The molecule has 0 radical (unpaired) electrons. The quantitative estimate of drug-likeness (QED) is 0.365. The predicted octanol–water partition coefficient (Wildman–Crippen LogP) is 3.26. The maximum atomic E-state index is 14.0. The topological polar surface area (TPSA) is 146 Å². The second-order valence-electron chi connectivity index (χ2n) is 13.7. The van der Waals surface area contributed by atoms with Gasteiger partial charge in [0.25, 0.3) is 0 Å². The molecule has 12 heteroatoms. The molecule has 4 amide bonds. The molecule has 2 aliphatic rings. The van der Waals surface area contributed by atoms with Crippen molar-refractivity contribution in [3.63, 3.8) is 0 Å². The zero-order valence-corrected chi connectivity index (χ0v) is 27.2. The van der Waals surface area contributed by atoms with Gasteiger partial charge in [0.15, 0.2) is 0 Å². The van der Waals surface area contributed by atoms with Gasteiger partial charge in [0.05, 0.1) is 17.5 Å². The minimum absolute atomic E-state index is 0.104. The molecule has 0 bridgehead atoms. The third-order valence-electron chi connectivity index (χ3n) is 8.61. The number of aromatic amines is 1. The van der Waals surface area contributed by atoms with Gasteiger partial charge in [-0.1, -0.05) is 36.4 Å². The van der Waals surface area contributed by atoms with Crippen molar-refractivity contribution in [1.29, 1.82) is 0 Å². The fraction of sp³-hybridized carbons (Fsp3) is 0.500. The molecule has 1 saturated heterocycles. The molecule has 0 aliphatic carbocycles. The normalized spacial score (nSPS) is 16.5. The van der Waals surface area contributed by atoms with Gasteiger partial charge in [0.1, 0.15) is 17.2 Å². The van der Waals surface area contributed by atoms with Crippen LogP contribution in [0.1, 0.15) is 71.0 Å². The van der Waals surface area contributed by atoms with E-state index < -0.39 is 29.2 Å². The van der Waals surface area contributed by atoms with Crippen LogP contribution in [0.25, 0.3) is 11.0 Å². The fourth-order valence-corrected chi connectivity index (χ4v) is 6.17. The van der Waals surface area contributed by atoms with Gasteiger partial charge >= 0.3 is 11.8 Å². The molecule has 2 aliphatic heterocycles. The molecular weight excluding hydrogens is 588 g/mol. The van der Waals surface area contributed by atoms with Crippen LogP contribution in [0.2, 0.25) is 0 Å². The zero-order valence-electron chi connectivity index (χ0n) is 27.2. The van der Waals surface area contributed by atoms with Crippen molar-refractivity contribution in [3.8, 4) is 0 Å². The molecule has 3 aromatic rings. The summed E-state index contributed by atoms with van der Waals surface area (Å²) in [5.74, 6) is -1.24. The highest BCUT2D eigenvalue weighted by Crippen LogP contribution is 2.26. The lowest BCUT2D eigenvalue weighted by atomic mass is 9.98. The Morgan fingerprint density at radius 3 is 2.26 bits per heavy atom. The molecule has 0 spiro atoms. The van der Waals surface area contributed by atoms with E-state index >= 15 is 0 Å². The third-order valence-corrected chi connectivity index (χ3v) is 8.61. The van der Waals surface area contributed by atoms with Crippen LogP contribution in [0.3, 0.4) is 0 Å². The highest BCUT2D eigenvalue weighted by Gasteiger charge is 2.38. The van der Waals surface area contributed by atoms with Crippen molar-refractivity contribution in [1.82, 2.24) is 30.0 Å². The SMILES string of the molecule is CC(C)(C)OC(=O)NC(C)(C)C(=O)N[C@H](CC(=O)N1CCc2ccccc2C1)C(=O)N1CCC(n2c(=O)[nH]c3ccccc32)CC1. The molecular formula is C34H44N6O6. The molecule has 1 aromatic heterocycles. The Morgan fingerprint density at radius 2 is 1.57 bits per heavy atom. The first-order chi connectivity index (χ1) is 21.7. The van der Waals surface area contributed by atoms with E-state index in [1.165, 1.54) is 19.4 Å². The van der Waals surface area contributed by atoms with Crippen LogP contribution in [-0.4, -0.2) is 80.0 Å². The first-order valence-electron chi connectivity index (χ1n) is 15.9. The Balaban J connectivity index is 1.30. The molecule has 246 valence electrons. The van der Waals surface area contributed by atoms with Gasteiger partial charge in [-0.05, 0) is 77.1 Å². The summed E-state index contributed by atoms with van der Waals surface area (Å²) >= 11 is 0. The number of imidazole rings is 1. The van der Waals surface area contributed by atoms with Crippen LogP contribution in [0, 0.1) is 0 Å². The monoisotopic (exact) mass is 632 g/mol.